The van der Waals surface area contributed by atoms with Gasteiger partial charge in [0, 0.05) is 30.1 Å². The van der Waals surface area contributed by atoms with Crippen molar-refractivity contribution in [2.75, 3.05) is 23.4 Å². The highest BCUT2D eigenvalue weighted by molar-refractivity contribution is 6.06. The van der Waals surface area contributed by atoms with Crippen LogP contribution in [0.15, 0.2) is 36.4 Å². The summed E-state index contributed by atoms with van der Waals surface area (Å²) < 4.78 is 5.56. The number of benzene rings is 2. The Morgan fingerprint density at radius 3 is 2.74 bits per heavy atom. The molecule has 0 spiro atoms. The van der Waals surface area contributed by atoms with Crippen LogP contribution in [-0.2, 0) is 16.0 Å². The lowest BCUT2D eigenvalue weighted by Gasteiger charge is -2.21. The van der Waals surface area contributed by atoms with Crippen molar-refractivity contribution in [2.45, 2.75) is 39.2 Å². The zero-order chi connectivity index (χ0) is 19.0. The molecule has 0 saturated carbocycles. The van der Waals surface area contributed by atoms with Gasteiger partial charge < -0.3 is 15.0 Å². The van der Waals surface area contributed by atoms with Gasteiger partial charge in [0.2, 0.25) is 0 Å². The largest absolute Gasteiger partial charge is 0.368 e. The molecule has 1 saturated heterocycles. The molecule has 1 unspecified atom stereocenters. The van der Waals surface area contributed by atoms with Crippen LogP contribution in [0, 0.1) is 13.8 Å². The summed E-state index contributed by atoms with van der Waals surface area (Å²) in [6.45, 7) is 5.27. The van der Waals surface area contributed by atoms with Crippen molar-refractivity contribution in [3.05, 3.63) is 58.7 Å². The zero-order valence-corrected chi connectivity index (χ0v) is 15.7. The quantitative estimate of drug-likeness (QED) is 0.905. The molecule has 2 heterocycles. The van der Waals surface area contributed by atoms with E-state index in [-0.39, 0.29) is 17.9 Å². The first-order valence-corrected chi connectivity index (χ1v) is 9.47. The van der Waals surface area contributed by atoms with Crippen molar-refractivity contribution >= 4 is 23.2 Å². The van der Waals surface area contributed by atoms with E-state index < -0.39 is 0 Å². The van der Waals surface area contributed by atoms with Crippen LogP contribution < -0.4 is 10.2 Å². The van der Waals surface area contributed by atoms with E-state index in [9.17, 15) is 9.59 Å². The van der Waals surface area contributed by atoms with Crippen LogP contribution >= 0.6 is 0 Å². The number of aryl methyl sites for hydroxylation is 2. The molecule has 0 bridgehead atoms. The minimum absolute atomic E-state index is 0.0316. The summed E-state index contributed by atoms with van der Waals surface area (Å²) in [6, 6.07) is 11.6. The van der Waals surface area contributed by atoms with Crippen LogP contribution in [-0.4, -0.2) is 31.1 Å². The number of nitrogens with zero attached hydrogens (tertiary/aromatic N) is 1. The Hall–Kier alpha value is -2.66. The number of carbonyl (C=O) groups is 2. The molecule has 1 fully saturated rings. The second-order valence-corrected chi connectivity index (χ2v) is 7.36. The third-order valence-electron chi connectivity index (χ3n) is 5.34. The minimum atomic E-state index is -0.329. The lowest BCUT2D eigenvalue weighted by molar-refractivity contribution is -0.127. The molecular formula is C22H24N2O3. The standard InChI is InChI=1S/C22H24N2O3/c1-14-5-8-18(15(2)12-14)21(25)23-17-7-6-16-9-10-24(19(16)13-17)22(26)20-4-3-11-27-20/h5-8,12-13,20H,3-4,9-11H2,1-2H3,(H,23,25). The maximum Gasteiger partial charge on any atom is 0.256 e. The third kappa shape index (κ3) is 3.47. The molecule has 0 radical (unpaired) electrons. The number of amides is 2. The number of hydrogen-bond acceptors (Lipinski definition) is 3. The van der Waals surface area contributed by atoms with Gasteiger partial charge in [-0.3, -0.25) is 9.59 Å². The van der Waals surface area contributed by atoms with E-state index in [1.54, 1.807) is 4.90 Å². The Bertz CT molecular complexity index is 900. The summed E-state index contributed by atoms with van der Waals surface area (Å²) in [5.74, 6) is -0.105. The molecule has 2 aliphatic heterocycles. The van der Waals surface area contributed by atoms with Gasteiger partial charge in [-0.25, -0.2) is 0 Å². The number of ether oxygens (including phenoxy) is 1. The van der Waals surface area contributed by atoms with E-state index in [2.05, 4.69) is 5.32 Å². The summed E-state index contributed by atoms with van der Waals surface area (Å²) in [5.41, 5.74) is 5.45. The maximum atomic E-state index is 12.8. The molecule has 4 rings (SSSR count). The number of anilines is 2. The second kappa shape index (κ2) is 7.16. The normalized spacial score (nSPS) is 18.4. The van der Waals surface area contributed by atoms with Crippen LogP contribution in [0.25, 0.3) is 0 Å². The highest BCUT2D eigenvalue weighted by atomic mass is 16.5. The van der Waals surface area contributed by atoms with E-state index in [1.807, 2.05) is 50.2 Å². The molecule has 2 aromatic carbocycles. The smallest absolute Gasteiger partial charge is 0.256 e. The molecule has 1 N–H and O–H groups in total. The monoisotopic (exact) mass is 364 g/mol. The Kier molecular flexibility index (Phi) is 4.70. The first-order chi connectivity index (χ1) is 13.0. The van der Waals surface area contributed by atoms with Gasteiger partial charge in [-0.15, -0.1) is 0 Å². The van der Waals surface area contributed by atoms with E-state index >= 15 is 0 Å². The number of carbonyl (C=O) groups excluding carboxylic acids is 2. The number of hydrogen-bond donors (Lipinski definition) is 1. The molecule has 2 aliphatic rings. The second-order valence-electron chi connectivity index (χ2n) is 7.36. The summed E-state index contributed by atoms with van der Waals surface area (Å²) in [6.07, 6.45) is 2.22. The highest BCUT2D eigenvalue weighted by Gasteiger charge is 2.32. The van der Waals surface area contributed by atoms with E-state index in [1.165, 1.54) is 0 Å². The highest BCUT2D eigenvalue weighted by Crippen LogP contribution is 2.32. The third-order valence-corrected chi connectivity index (χ3v) is 5.34. The van der Waals surface area contributed by atoms with Gasteiger partial charge in [0.15, 0.2) is 0 Å². The molecule has 27 heavy (non-hydrogen) atoms. The van der Waals surface area contributed by atoms with Gasteiger partial charge in [0.25, 0.3) is 11.8 Å². The fraction of sp³-hybridized carbons (Fsp3) is 0.364. The van der Waals surface area contributed by atoms with E-state index in [0.717, 1.165) is 41.6 Å². The number of nitrogens with one attached hydrogen (secondary N) is 1. The minimum Gasteiger partial charge on any atom is -0.368 e. The van der Waals surface area contributed by atoms with Gasteiger partial charge in [-0.1, -0.05) is 23.8 Å². The summed E-state index contributed by atoms with van der Waals surface area (Å²) in [4.78, 5) is 27.2. The molecular weight excluding hydrogens is 340 g/mol. The number of rotatable bonds is 3. The average Bonchev–Trinajstić information content (AvgIpc) is 3.31. The van der Waals surface area contributed by atoms with Crippen LogP contribution in [0.4, 0.5) is 11.4 Å². The van der Waals surface area contributed by atoms with Gasteiger partial charge in [0.1, 0.15) is 6.10 Å². The molecule has 0 aromatic heterocycles. The summed E-state index contributed by atoms with van der Waals surface area (Å²) >= 11 is 0. The van der Waals surface area contributed by atoms with Crippen LogP contribution in [0.1, 0.15) is 39.9 Å². The van der Waals surface area contributed by atoms with Crippen molar-refractivity contribution < 1.29 is 14.3 Å². The van der Waals surface area contributed by atoms with Gasteiger partial charge in [-0.2, -0.15) is 0 Å². The predicted molar refractivity (Wildman–Crippen MR) is 105 cm³/mol. The molecule has 2 amide bonds. The molecule has 140 valence electrons. The zero-order valence-electron chi connectivity index (χ0n) is 15.7. The molecule has 5 nitrogen and oxygen atoms in total. The molecule has 5 heteroatoms. The summed E-state index contributed by atoms with van der Waals surface area (Å²) in [7, 11) is 0. The fourth-order valence-corrected chi connectivity index (χ4v) is 3.90. The Morgan fingerprint density at radius 2 is 2.00 bits per heavy atom. The van der Waals surface area contributed by atoms with Crippen LogP contribution in [0.2, 0.25) is 0 Å². The Morgan fingerprint density at radius 1 is 1.15 bits per heavy atom. The predicted octanol–water partition coefficient (Wildman–Crippen LogP) is 3.62. The molecule has 0 aliphatic carbocycles. The van der Waals surface area contributed by atoms with Gasteiger partial charge >= 0.3 is 0 Å². The Labute approximate surface area is 159 Å². The van der Waals surface area contributed by atoms with Crippen molar-refractivity contribution in [3.63, 3.8) is 0 Å². The van der Waals surface area contributed by atoms with Crippen LogP contribution in [0.3, 0.4) is 0 Å². The van der Waals surface area contributed by atoms with Crippen LogP contribution in [0.5, 0.6) is 0 Å². The lowest BCUT2D eigenvalue weighted by atomic mass is 10.0. The molecule has 2 aromatic rings. The fourth-order valence-electron chi connectivity index (χ4n) is 3.90. The summed E-state index contributed by atoms with van der Waals surface area (Å²) in [5, 5.41) is 2.97. The average molecular weight is 364 g/mol. The van der Waals surface area contributed by atoms with Crippen molar-refractivity contribution in [1.29, 1.82) is 0 Å². The maximum absolute atomic E-state index is 12.8. The van der Waals surface area contributed by atoms with Crippen molar-refractivity contribution in [1.82, 2.24) is 0 Å². The van der Waals surface area contributed by atoms with Gasteiger partial charge in [0.05, 0.1) is 0 Å². The first kappa shape index (κ1) is 17.7. The lowest BCUT2D eigenvalue weighted by Crippen LogP contribution is -2.37. The topological polar surface area (TPSA) is 58.6 Å². The number of fused-ring (bicyclic) bond motifs is 1. The Balaban J connectivity index is 1.54. The van der Waals surface area contributed by atoms with E-state index in [4.69, 9.17) is 4.74 Å². The van der Waals surface area contributed by atoms with Gasteiger partial charge in [-0.05, 0) is 62.4 Å². The first-order valence-electron chi connectivity index (χ1n) is 9.47. The SMILES string of the molecule is Cc1ccc(C(=O)Nc2ccc3c(c2)N(C(=O)C2CCCO2)CC3)c(C)c1. The van der Waals surface area contributed by atoms with Crippen molar-refractivity contribution in [2.24, 2.45) is 0 Å². The molecule has 1 atom stereocenters. The van der Waals surface area contributed by atoms with E-state index in [0.29, 0.717) is 24.4 Å². The van der Waals surface area contributed by atoms with Crippen molar-refractivity contribution in [3.8, 4) is 0 Å².